The maximum atomic E-state index is 12.7. The van der Waals surface area contributed by atoms with Crippen molar-refractivity contribution in [1.29, 1.82) is 0 Å². The zero-order valence-electron chi connectivity index (χ0n) is 15.9. The third-order valence-electron chi connectivity index (χ3n) is 4.99. The molecule has 0 bridgehead atoms. The third kappa shape index (κ3) is 4.14. The van der Waals surface area contributed by atoms with Crippen LogP contribution in [0.25, 0.3) is 5.65 Å². The van der Waals surface area contributed by atoms with E-state index < -0.39 is 0 Å². The number of ether oxygens (including phenoxy) is 1. The summed E-state index contributed by atoms with van der Waals surface area (Å²) in [5.41, 5.74) is 3.21. The molecule has 3 aromatic rings. The minimum atomic E-state index is -0.147. The number of fused-ring (bicyclic) bond motifs is 2. The monoisotopic (exact) mass is 396 g/mol. The van der Waals surface area contributed by atoms with Gasteiger partial charge in [-0.15, -0.1) is 10.2 Å². The van der Waals surface area contributed by atoms with Gasteiger partial charge in [0.1, 0.15) is 5.75 Å². The normalized spacial score (nSPS) is 13.9. The van der Waals surface area contributed by atoms with Crippen molar-refractivity contribution in [3.63, 3.8) is 0 Å². The molecule has 7 heteroatoms. The Kier molecular flexibility index (Phi) is 5.81. The Morgan fingerprint density at radius 1 is 1.32 bits per heavy atom. The summed E-state index contributed by atoms with van der Waals surface area (Å²) >= 11 is 1.76. The van der Waals surface area contributed by atoms with Crippen LogP contribution in [0.4, 0.5) is 0 Å². The van der Waals surface area contributed by atoms with Gasteiger partial charge in [-0.2, -0.15) is 11.8 Å². The fourth-order valence-electron chi connectivity index (χ4n) is 3.52. The average molecular weight is 397 g/mol. The smallest absolute Gasteiger partial charge is 0.220 e. The van der Waals surface area contributed by atoms with Crippen molar-refractivity contribution in [3.05, 3.63) is 59.5 Å². The minimum Gasteiger partial charge on any atom is -0.493 e. The maximum Gasteiger partial charge on any atom is 0.220 e. The second-order valence-electron chi connectivity index (χ2n) is 6.93. The van der Waals surface area contributed by atoms with Gasteiger partial charge >= 0.3 is 0 Å². The summed E-state index contributed by atoms with van der Waals surface area (Å²) < 4.78 is 7.50. The lowest BCUT2D eigenvalue weighted by molar-refractivity contribution is -0.121. The number of pyridine rings is 1. The van der Waals surface area contributed by atoms with Crippen LogP contribution >= 0.6 is 11.8 Å². The van der Waals surface area contributed by atoms with Crippen LogP contribution < -0.4 is 10.1 Å². The number of hydrogen-bond donors (Lipinski definition) is 1. The van der Waals surface area contributed by atoms with Crippen LogP contribution in [0.5, 0.6) is 5.75 Å². The van der Waals surface area contributed by atoms with Crippen molar-refractivity contribution in [3.8, 4) is 5.75 Å². The Labute approximate surface area is 168 Å². The van der Waals surface area contributed by atoms with Gasteiger partial charge in [0.05, 0.1) is 12.6 Å². The molecule has 1 atom stereocenters. The van der Waals surface area contributed by atoms with Gasteiger partial charge in [0.15, 0.2) is 11.5 Å². The van der Waals surface area contributed by atoms with Crippen molar-refractivity contribution in [2.75, 3.05) is 18.6 Å². The Morgan fingerprint density at radius 3 is 3.14 bits per heavy atom. The molecule has 1 amide bonds. The molecule has 0 saturated carbocycles. The molecule has 1 N–H and O–H groups in total. The van der Waals surface area contributed by atoms with Gasteiger partial charge in [-0.05, 0) is 54.2 Å². The Morgan fingerprint density at radius 2 is 2.25 bits per heavy atom. The van der Waals surface area contributed by atoms with Crippen LogP contribution in [0.2, 0.25) is 0 Å². The van der Waals surface area contributed by atoms with E-state index in [1.54, 1.807) is 11.8 Å². The fourth-order valence-corrected chi connectivity index (χ4v) is 3.99. The molecular weight excluding hydrogens is 372 g/mol. The van der Waals surface area contributed by atoms with Crippen molar-refractivity contribution < 1.29 is 9.53 Å². The Balaban J connectivity index is 1.42. The van der Waals surface area contributed by atoms with Gasteiger partial charge in [-0.1, -0.05) is 18.2 Å². The average Bonchev–Trinajstić information content (AvgIpc) is 3.36. The van der Waals surface area contributed by atoms with Crippen LogP contribution in [0.3, 0.4) is 0 Å². The molecule has 1 aliphatic heterocycles. The maximum absolute atomic E-state index is 12.7. The second kappa shape index (κ2) is 8.65. The van der Waals surface area contributed by atoms with Gasteiger partial charge in [-0.3, -0.25) is 9.20 Å². The molecule has 0 radical (unpaired) electrons. The first-order valence-electron chi connectivity index (χ1n) is 9.57. The molecule has 1 aliphatic rings. The predicted octanol–water partition coefficient (Wildman–Crippen LogP) is 3.21. The molecule has 146 valence electrons. The van der Waals surface area contributed by atoms with Crippen LogP contribution in [0, 0.1) is 0 Å². The lowest BCUT2D eigenvalue weighted by Gasteiger charge is -2.17. The summed E-state index contributed by atoms with van der Waals surface area (Å²) in [5, 5.41) is 11.7. The number of benzene rings is 1. The molecular formula is C21H24N4O2S. The second-order valence-corrected chi connectivity index (χ2v) is 7.91. The minimum absolute atomic E-state index is 0.0375. The van der Waals surface area contributed by atoms with E-state index in [0.717, 1.165) is 48.8 Å². The molecule has 0 saturated heterocycles. The molecule has 6 nitrogen and oxygen atoms in total. The number of amides is 1. The molecule has 1 aromatic carbocycles. The molecule has 0 fully saturated rings. The quantitative estimate of drug-likeness (QED) is 0.633. The molecule has 28 heavy (non-hydrogen) atoms. The summed E-state index contributed by atoms with van der Waals surface area (Å²) in [6.07, 6.45) is 6.94. The zero-order valence-corrected chi connectivity index (χ0v) is 16.7. The van der Waals surface area contributed by atoms with E-state index in [0.29, 0.717) is 6.42 Å². The van der Waals surface area contributed by atoms with Crippen LogP contribution in [0.15, 0.2) is 42.6 Å². The van der Waals surface area contributed by atoms with Gasteiger partial charge in [0.25, 0.3) is 0 Å². The molecule has 0 aliphatic carbocycles. The lowest BCUT2D eigenvalue weighted by Crippen LogP contribution is -2.30. The van der Waals surface area contributed by atoms with E-state index in [2.05, 4.69) is 33.9 Å². The highest BCUT2D eigenvalue weighted by atomic mass is 32.2. The lowest BCUT2D eigenvalue weighted by atomic mass is 10.0. The topological polar surface area (TPSA) is 68.5 Å². The standard InChI is InChI=1S/C21H24N4O2S/c1-28-13-10-17(21-24-23-19-4-2-3-11-25(19)21)22-20(26)8-6-15-5-7-18-16(14-15)9-12-27-18/h2-5,7,11,14,17H,6,8-10,12-13H2,1H3,(H,22,26)/t17-/m0/s1. The number of aromatic nitrogens is 3. The Bertz CT molecular complexity index is 972. The van der Waals surface area contributed by atoms with E-state index in [4.69, 9.17) is 4.74 Å². The number of rotatable bonds is 8. The van der Waals surface area contributed by atoms with Crippen molar-refractivity contribution >= 4 is 23.3 Å². The van der Waals surface area contributed by atoms with Gasteiger partial charge in [0.2, 0.25) is 5.91 Å². The Hall–Kier alpha value is -2.54. The largest absolute Gasteiger partial charge is 0.493 e. The third-order valence-corrected chi connectivity index (χ3v) is 5.64. The molecule has 4 rings (SSSR count). The first-order valence-corrected chi connectivity index (χ1v) is 11.0. The predicted molar refractivity (Wildman–Crippen MR) is 111 cm³/mol. The summed E-state index contributed by atoms with van der Waals surface area (Å²) in [7, 11) is 0. The zero-order chi connectivity index (χ0) is 19.3. The number of carbonyl (C=O) groups is 1. The van der Waals surface area contributed by atoms with Crippen molar-refractivity contribution in [2.45, 2.75) is 31.7 Å². The van der Waals surface area contributed by atoms with E-state index in [1.165, 1.54) is 11.1 Å². The number of hydrogen-bond acceptors (Lipinski definition) is 5. The number of nitrogens with zero attached hydrogens (tertiary/aromatic N) is 3. The van der Waals surface area contributed by atoms with Crippen molar-refractivity contribution in [1.82, 2.24) is 19.9 Å². The van der Waals surface area contributed by atoms with E-state index in [1.807, 2.05) is 34.9 Å². The van der Waals surface area contributed by atoms with Crippen LogP contribution in [-0.2, 0) is 17.6 Å². The van der Waals surface area contributed by atoms with Gasteiger partial charge < -0.3 is 10.1 Å². The van der Waals surface area contributed by atoms with E-state index in [-0.39, 0.29) is 11.9 Å². The highest BCUT2D eigenvalue weighted by Crippen LogP contribution is 2.26. The highest BCUT2D eigenvalue weighted by Gasteiger charge is 2.20. The highest BCUT2D eigenvalue weighted by molar-refractivity contribution is 7.98. The molecule has 3 heterocycles. The van der Waals surface area contributed by atoms with Gasteiger partial charge in [-0.25, -0.2) is 0 Å². The summed E-state index contributed by atoms with van der Waals surface area (Å²) in [5.74, 6) is 2.74. The van der Waals surface area contributed by atoms with Crippen molar-refractivity contribution in [2.24, 2.45) is 0 Å². The SMILES string of the molecule is CSCC[C@H](NC(=O)CCc1ccc2c(c1)CCO2)c1nnc2ccccn12. The van der Waals surface area contributed by atoms with Gasteiger partial charge in [0, 0.05) is 19.0 Å². The number of thioether (sulfide) groups is 1. The molecule has 2 aromatic heterocycles. The molecule has 0 unspecified atom stereocenters. The first-order chi connectivity index (χ1) is 13.7. The summed E-state index contributed by atoms with van der Waals surface area (Å²) in [6, 6.07) is 11.9. The van der Waals surface area contributed by atoms with Crippen LogP contribution in [0.1, 0.15) is 35.8 Å². The molecule has 0 spiro atoms. The summed E-state index contributed by atoms with van der Waals surface area (Å²) in [4.78, 5) is 12.7. The number of carbonyl (C=O) groups excluding carboxylic acids is 1. The number of nitrogens with one attached hydrogen (secondary N) is 1. The van der Waals surface area contributed by atoms with Crippen LogP contribution in [-0.4, -0.2) is 39.1 Å². The fraction of sp³-hybridized carbons (Fsp3) is 0.381. The van der Waals surface area contributed by atoms with E-state index >= 15 is 0 Å². The number of aryl methyl sites for hydroxylation is 1. The van der Waals surface area contributed by atoms with E-state index in [9.17, 15) is 4.79 Å². The first kappa shape index (κ1) is 18.8. The summed E-state index contributed by atoms with van der Waals surface area (Å²) in [6.45, 7) is 0.753.